The van der Waals surface area contributed by atoms with E-state index >= 15 is 0 Å². The lowest BCUT2D eigenvalue weighted by Gasteiger charge is -2.21. The van der Waals surface area contributed by atoms with Crippen molar-refractivity contribution in [3.63, 3.8) is 0 Å². The summed E-state index contributed by atoms with van der Waals surface area (Å²) in [4.78, 5) is 0. The first-order valence-electron chi connectivity index (χ1n) is 4.52. The molecule has 5 nitrogen and oxygen atoms in total. The van der Waals surface area contributed by atoms with Crippen molar-refractivity contribution in [3.05, 3.63) is 0 Å². The highest BCUT2D eigenvalue weighted by Gasteiger charge is 2.31. The number of halogens is 2. The second-order valence-corrected chi connectivity index (χ2v) is 4.68. The van der Waals surface area contributed by atoms with Crippen molar-refractivity contribution in [2.75, 3.05) is 26.2 Å². The lowest BCUT2D eigenvalue weighted by atomic mass is 10.4. The van der Waals surface area contributed by atoms with Gasteiger partial charge in [-0.3, -0.25) is 0 Å². The number of nitrogens with zero attached hydrogens (tertiary/aromatic N) is 1. The number of aliphatic hydroxyl groups excluding tert-OH is 1. The van der Waals surface area contributed by atoms with Crippen molar-refractivity contribution in [2.24, 2.45) is 0 Å². The molecule has 92 valence electrons. The maximum Gasteiger partial charge on any atom is 0.283 e. The molecule has 0 aliphatic carbocycles. The summed E-state index contributed by atoms with van der Waals surface area (Å²) >= 11 is 0. The molecule has 0 bridgehead atoms. The van der Waals surface area contributed by atoms with E-state index in [1.807, 2.05) is 0 Å². The molecule has 0 saturated carbocycles. The average molecular weight is 246 g/mol. The van der Waals surface area contributed by atoms with Gasteiger partial charge in [0.2, 0.25) is 0 Å². The normalized spacial score (nSPS) is 13.5. The van der Waals surface area contributed by atoms with Gasteiger partial charge in [0.15, 0.2) is 0 Å². The molecule has 0 aliphatic rings. The van der Waals surface area contributed by atoms with Crippen LogP contribution in [0.15, 0.2) is 0 Å². The van der Waals surface area contributed by atoms with E-state index in [9.17, 15) is 17.2 Å². The zero-order valence-corrected chi connectivity index (χ0v) is 9.52. The summed E-state index contributed by atoms with van der Waals surface area (Å²) in [5, 5.41) is 8.25. The fourth-order valence-corrected chi connectivity index (χ4v) is 2.16. The molecule has 0 rings (SSSR count). The Morgan fingerprint density at radius 1 is 1.33 bits per heavy atom. The Labute approximate surface area is 88.3 Å². The zero-order valence-electron chi connectivity index (χ0n) is 8.70. The molecule has 0 fully saturated rings. The van der Waals surface area contributed by atoms with E-state index in [1.54, 1.807) is 18.6 Å². The van der Waals surface area contributed by atoms with Crippen LogP contribution >= 0.6 is 0 Å². The van der Waals surface area contributed by atoms with Crippen molar-refractivity contribution in [2.45, 2.75) is 19.8 Å². The largest absolute Gasteiger partial charge is 0.390 e. The molecule has 0 heterocycles. The summed E-state index contributed by atoms with van der Waals surface area (Å²) in [5.74, 6) is -3.43. The van der Waals surface area contributed by atoms with E-state index < -0.39 is 29.3 Å². The molecule has 0 aromatic heterocycles. The Hall–Kier alpha value is -0.310. The SMILES string of the molecule is CCN(CC)S(=O)(=O)NCC(F)(F)CO. The number of rotatable bonds is 7. The molecule has 0 aromatic rings. The predicted molar refractivity (Wildman–Crippen MR) is 51.9 cm³/mol. The van der Waals surface area contributed by atoms with Gasteiger partial charge in [-0.25, -0.2) is 8.78 Å². The molecule has 15 heavy (non-hydrogen) atoms. The fourth-order valence-electron chi connectivity index (χ4n) is 0.907. The first-order valence-corrected chi connectivity index (χ1v) is 5.96. The molecule has 0 atom stereocenters. The fraction of sp³-hybridized carbons (Fsp3) is 1.00. The van der Waals surface area contributed by atoms with Crippen LogP contribution in [0.2, 0.25) is 0 Å². The topological polar surface area (TPSA) is 69.6 Å². The monoisotopic (exact) mass is 246 g/mol. The van der Waals surface area contributed by atoms with Crippen LogP contribution < -0.4 is 4.72 Å². The van der Waals surface area contributed by atoms with Crippen molar-refractivity contribution in [1.29, 1.82) is 0 Å². The lowest BCUT2D eigenvalue weighted by molar-refractivity contribution is -0.0439. The summed E-state index contributed by atoms with van der Waals surface area (Å²) in [5.41, 5.74) is 0. The van der Waals surface area contributed by atoms with E-state index in [1.165, 1.54) is 0 Å². The molecule has 0 aromatic carbocycles. The van der Waals surface area contributed by atoms with Gasteiger partial charge in [0, 0.05) is 13.1 Å². The molecule has 2 N–H and O–H groups in total. The molecule has 0 saturated heterocycles. The quantitative estimate of drug-likeness (QED) is 0.653. The lowest BCUT2D eigenvalue weighted by Crippen LogP contribution is -2.46. The minimum absolute atomic E-state index is 0.205. The van der Waals surface area contributed by atoms with Gasteiger partial charge in [0.1, 0.15) is 6.61 Å². The summed E-state index contributed by atoms with van der Waals surface area (Å²) in [6.45, 7) is 1.14. The van der Waals surface area contributed by atoms with Crippen LogP contribution in [0.3, 0.4) is 0 Å². The van der Waals surface area contributed by atoms with Gasteiger partial charge in [-0.2, -0.15) is 17.4 Å². The van der Waals surface area contributed by atoms with Crippen LogP contribution in [0, 0.1) is 0 Å². The molecule has 0 radical (unpaired) electrons. The van der Waals surface area contributed by atoms with Crippen molar-refractivity contribution in [1.82, 2.24) is 9.03 Å². The zero-order chi connectivity index (χ0) is 12.1. The summed E-state index contributed by atoms with van der Waals surface area (Å²) in [6.07, 6.45) is 0. The highest BCUT2D eigenvalue weighted by molar-refractivity contribution is 7.87. The first-order chi connectivity index (χ1) is 6.79. The third-order valence-electron chi connectivity index (χ3n) is 1.79. The highest BCUT2D eigenvalue weighted by atomic mass is 32.2. The van der Waals surface area contributed by atoms with Gasteiger partial charge in [0.05, 0.1) is 6.54 Å². The van der Waals surface area contributed by atoms with Crippen LogP contribution in [0.5, 0.6) is 0 Å². The average Bonchev–Trinajstić information content (AvgIpc) is 2.17. The van der Waals surface area contributed by atoms with Crippen LogP contribution in [0.25, 0.3) is 0 Å². The molecule has 0 amide bonds. The van der Waals surface area contributed by atoms with Crippen molar-refractivity contribution in [3.8, 4) is 0 Å². The molecule has 8 heteroatoms. The third kappa shape index (κ3) is 4.83. The Kier molecular flexibility index (Phi) is 5.57. The van der Waals surface area contributed by atoms with Gasteiger partial charge in [-0.1, -0.05) is 13.8 Å². The smallest absolute Gasteiger partial charge is 0.283 e. The first kappa shape index (κ1) is 14.7. The van der Waals surface area contributed by atoms with E-state index in [0.29, 0.717) is 0 Å². The molecule has 0 unspecified atom stereocenters. The second kappa shape index (κ2) is 5.69. The predicted octanol–water partition coefficient (Wildman–Crippen LogP) is -0.210. The number of alkyl halides is 2. The Morgan fingerprint density at radius 3 is 2.13 bits per heavy atom. The minimum Gasteiger partial charge on any atom is -0.390 e. The van der Waals surface area contributed by atoms with E-state index in [2.05, 4.69) is 0 Å². The number of nitrogens with one attached hydrogen (secondary N) is 1. The summed E-state index contributed by atoms with van der Waals surface area (Å²) < 4.78 is 50.6. The number of aliphatic hydroxyl groups is 1. The molecule has 0 spiro atoms. The minimum atomic E-state index is -3.87. The molecular weight excluding hydrogens is 230 g/mol. The maximum atomic E-state index is 12.6. The van der Waals surface area contributed by atoms with Gasteiger partial charge < -0.3 is 5.11 Å². The summed E-state index contributed by atoms with van der Waals surface area (Å²) in [6, 6.07) is 0. The van der Waals surface area contributed by atoms with Gasteiger partial charge in [-0.15, -0.1) is 0 Å². The third-order valence-corrected chi connectivity index (χ3v) is 3.50. The number of hydrogen-bond donors (Lipinski definition) is 2. The van der Waals surface area contributed by atoms with Crippen LogP contribution in [0.4, 0.5) is 8.78 Å². The summed E-state index contributed by atoms with van der Waals surface area (Å²) in [7, 11) is -3.87. The van der Waals surface area contributed by atoms with Gasteiger partial charge >= 0.3 is 0 Å². The standard InChI is InChI=1S/C7H16F2N2O3S/c1-3-11(4-2)15(13,14)10-5-7(8,9)6-12/h10,12H,3-6H2,1-2H3. The Morgan fingerprint density at radius 2 is 1.80 bits per heavy atom. The van der Waals surface area contributed by atoms with Crippen LogP contribution in [0.1, 0.15) is 13.8 Å². The van der Waals surface area contributed by atoms with Gasteiger partial charge in [0.25, 0.3) is 16.1 Å². The van der Waals surface area contributed by atoms with Crippen LogP contribution in [-0.2, 0) is 10.2 Å². The Balaban J connectivity index is 4.40. The second-order valence-electron chi connectivity index (χ2n) is 2.92. The Bertz CT molecular complexity index is 278. The number of hydrogen-bond acceptors (Lipinski definition) is 3. The molecule has 0 aliphatic heterocycles. The molecular formula is C7H16F2N2O3S. The van der Waals surface area contributed by atoms with E-state index in [0.717, 1.165) is 4.31 Å². The van der Waals surface area contributed by atoms with E-state index in [-0.39, 0.29) is 13.1 Å². The van der Waals surface area contributed by atoms with Crippen molar-refractivity contribution < 1.29 is 22.3 Å². The highest BCUT2D eigenvalue weighted by Crippen LogP contribution is 2.11. The van der Waals surface area contributed by atoms with Gasteiger partial charge in [-0.05, 0) is 0 Å². The van der Waals surface area contributed by atoms with E-state index in [4.69, 9.17) is 5.11 Å². The maximum absolute atomic E-state index is 12.6. The van der Waals surface area contributed by atoms with Crippen LogP contribution in [-0.4, -0.2) is 50.0 Å². The van der Waals surface area contributed by atoms with Crippen molar-refractivity contribution >= 4 is 10.2 Å².